The Morgan fingerprint density at radius 2 is 1.85 bits per heavy atom. The number of anilines is 2. The molecule has 5 nitrogen and oxygen atoms in total. The lowest BCUT2D eigenvalue weighted by atomic mass is 10.1. The first-order valence-electron chi connectivity index (χ1n) is 7.94. The van der Waals surface area contributed by atoms with Gasteiger partial charge in [0.15, 0.2) is 0 Å². The fourth-order valence-corrected chi connectivity index (χ4v) is 3.33. The van der Waals surface area contributed by atoms with Crippen molar-refractivity contribution in [2.45, 2.75) is 13.8 Å². The number of benzene rings is 2. The van der Waals surface area contributed by atoms with Gasteiger partial charge in [0.05, 0.1) is 11.2 Å². The van der Waals surface area contributed by atoms with Gasteiger partial charge in [-0.05, 0) is 49.7 Å². The number of amides is 2. The minimum Gasteiger partial charge on any atom is -0.322 e. The van der Waals surface area contributed by atoms with Crippen LogP contribution in [0.5, 0.6) is 0 Å². The summed E-state index contributed by atoms with van der Waals surface area (Å²) in [5.41, 5.74) is 1.67. The van der Waals surface area contributed by atoms with Crippen LogP contribution in [0.25, 0.3) is 0 Å². The van der Waals surface area contributed by atoms with E-state index in [2.05, 4.69) is 15.6 Å². The van der Waals surface area contributed by atoms with Gasteiger partial charge in [0, 0.05) is 21.8 Å². The zero-order chi connectivity index (χ0) is 19.6. The number of nitrogens with zero attached hydrogens (tertiary/aromatic N) is 1. The van der Waals surface area contributed by atoms with Gasteiger partial charge in [-0.2, -0.15) is 0 Å². The third kappa shape index (κ3) is 4.69. The van der Waals surface area contributed by atoms with E-state index in [0.29, 0.717) is 16.3 Å². The van der Waals surface area contributed by atoms with Gasteiger partial charge in [-0.25, -0.2) is 9.37 Å². The van der Waals surface area contributed by atoms with Crippen LogP contribution >= 0.6 is 22.9 Å². The summed E-state index contributed by atoms with van der Waals surface area (Å²) in [6, 6.07) is 8.54. The first-order chi connectivity index (χ1) is 12.8. The molecule has 2 aromatic carbocycles. The van der Waals surface area contributed by atoms with Crippen molar-refractivity contribution in [3.63, 3.8) is 0 Å². The molecule has 0 radical (unpaired) electrons. The van der Waals surface area contributed by atoms with Gasteiger partial charge in [-0.1, -0.05) is 17.7 Å². The number of hydrogen-bond donors (Lipinski definition) is 2. The second-order valence-electron chi connectivity index (χ2n) is 5.84. The number of carbonyl (C=O) groups is 2. The molecule has 0 spiro atoms. The molecule has 0 atom stereocenters. The molecule has 8 heteroatoms. The second kappa shape index (κ2) is 7.85. The smallest absolute Gasteiger partial charge is 0.256 e. The Bertz CT molecular complexity index is 1020. The third-order valence-corrected chi connectivity index (χ3v) is 4.77. The Hall–Kier alpha value is -2.77. The molecule has 2 N–H and O–H groups in total. The van der Waals surface area contributed by atoms with Crippen molar-refractivity contribution in [2.24, 2.45) is 0 Å². The number of thiazole rings is 1. The van der Waals surface area contributed by atoms with E-state index in [1.807, 2.05) is 6.92 Å². The van der Waals surface area contributed by atoms with Crippen molar-refractivity contribution in [1.29, 1.82) is 0 Å². The van der Waals surface area contributed by atoms with Crippen LogP contribution in [0.2, 0.25) is 5.02 Å². The zero-order valence-electron chi connectivity index (χ0n) is 14.5. The quantitative estimate of drug-likeness (QED) is 0.639. The highest BCUT2D eigenvalue weighted by atomic mass is 35.5. The van der Waals surface area contributed by atoms with E-state index in [0.717, 1.165) is 22.7 Å². The molecular weight excluding hydrogens is 389 g/mol. The summed E-state index contributed by atoms with van der Waals surface area (Å²) >= 11 is 7.16. The predicted octanol–water partition coefficient (Wildman–Crippen LogP) is 5.06. The molecule has 0 saturated heterocycles. The van der Waals surface area contributed by atoms with Crippen LogP contribution in [0.4, 0.5) is 15.1 Å². The normalized spacial score (nSPS) is 10.5. The van der Waals surface area contributed by atoms with Gasteiger partial charge in [0.25, 0.3) is 11.8 Å². The monoisotopic (exact) mass is 403 g/mol. The first-order valence-corrected chi connectivity index (χ1v) is 9.13. The number of halogens is 2. The molecule has 0 aliphatic carbocycles. The van der Waals surface area contributed by atoms with Crippen molar-refractivity contribution in [3.05, 3.63) is 75.1 Å². The van der Waals surface area contributed by atoms with Crippen molar-refractivity contribution in [1.82, 2.24) is 4.98 Å². The summed E-state index contributed by atoms with van der Waals surface area (Å²) in [4.78, 5) is 29.0. The van der Waals surface area contributed by atoms with Crippen molar-refractivity contribution in [2.75, 3.05) is 10.6 Å². The summed E-state index contributed by atoms with van der Waals surface area (Å²) in [5, 5.41) is 7.05. The third-order valence-electron chi connectivity index (χ3n) is 3.72. The predicted molar refractivity (Wildman–Crippen MR) is 105 cm³/mol. The van der Waals surface area contributed by atoms with Crippen molar-refractivity contribution in [3.8, 4) is 0 Å². The Kier molecular flexibility index (Phi) is 5.53. The fraction of sp³-hybridized carbons (Fsp3) is 0.105. The highest BCUT2D eigenvalue weighted by molar-refractivity contribution is 7.15. The first kappa shape index (κ1) is 19.0. The number of aryl methyl sites for hydroxylation is 2. The maximum absolute atomic E-state index is 13.4. The Labute approximate surface area is 164 Å². The van der Waals surface area contributed by atoms with E-state index < -0.39 is 11.7 Å². The van der Waals surface area contributed by atoms with Crippen LogP contribution in [0.15, 0.2) is 42.6 Å². The highest BCUT2D eigenvalue weighted by Crippen LogP contribution is 2.22. The van der Waals surface area contributed by atoms with Crippen LogP contribution < -0.4 is 10.6 Å². The van der Waals surface area contributed by atoms with Gasteiger partial charge in [0.2, 0.25) is 0 Å². The SMILES string of the molecule is Cc1ncc(NC(=O)c2cc(NC(=O)c3cc(F)cc(Cl)c3)ccc2C)s1. The number of rotatable bonds is 4. The molecule has 0 aliphatic rings. The van der Waals surface area contributed by atoms with E-state index in [1.165, 1.54) is 17.4 Å². The zero-order valence-corrected chi connectivity index (χ0v) is 16.0. The average molecular weight is 404 g/mol. The van der Waals surface area contributed by atoms with Gasteiger partial charge in [0.1, 0.15) is 10.8 Å². The largest absolute Gasteiger partial charge is 0.322 e. The topological polar surface area (TPSA) is 71.1 Å². The van der Waals surface area contributed by atoms with Gasteiger partial charge >= 0.3 is 0 Å². The van der Waals surface area contributed by atoms with Crippen LogP contribution in [-0.4, -0.2) is 16.8 Å². The summed E-state index contributed by atoms with van der Waals surface area (Å²) in [7, 11) is 0. The van der Waals surface area contributed by atoms with Gasteiger partial charge in [-0.3, -0.25) is 9.59 Å². The Morgan fingerprint density at radius 1 is 1.07 bits per heavy atom. The van der Waals surface area contributed by atoms with Crippen LogP contribution in [0, 0.1) is 19.7 Å². The number of carbonyl (C=O) groups excluding carboxylic acids is 2. The number of nitrogens with one attached hydrogen (secondary N) is 2. The van der Waals surface area contributed by atoms with E-state index in [-0.39, 0.29) is 16.5 Å². The van der Waals surface area contributed by atoms with E-state index in [9.17, 15) is 14.0 Å². The molecule has 3 aromatic rings. The molecular formula is C19H15ClFN3O2S. The maximum atomic E-state index is 13.4. The maximum Gasteiger partial charge on any atom is 0.256 e. The van der Waals surface area contributed by atoms with Crippen molar-refractivity contribution < 1.29 is 14.0 Å². The summed E-state index contributed by atoms with van der Waals surface area (Å²) in [6.07, 6.45) is 1.59. The van der Waals surface area contributed by atoms with Crippen LogP contribution in [0.3, 0.4) is 0 Å². The molecule has 3 rings (SSSR count). The fourth-order valence-electron chi connectivity index (χ4n) is 2.43. The lowest BCUT2D eigenvalue weighted by Gasteiger charge is -2.10. The number of aromatic nitrogens is 1. The van der Waals surface area contributed by atoms with E-state index >= 15 is 0 Å². The van der Waals surface area contributed by atoms with Crippen LogP contribution in [0.1, 0.15) is 31.3 Å². The van der Waals surface area contributed by atoms with E-state index in [1.54, 1.807) is 31.3 Å². The summed E-state index contributed by atoms with van der Waals surface area (Å²) in [5.74, 6) is -1.43. The number of hydrogen-bond acceptors (Lipinski definition) is 4. The minimum atomic E-state index is -0.600. The van der Waals surface area contributed by atoms with E-state index in [4.69, 9.17) is 11.6 Å². The Balaban J connectivity index is 1.80. The molecule has 0 aliphatic heterocycles. The van der Waals surface area contributed by atoms with Gasteiger partial charge in [-0.15, -0.1) is 11.3 Å². The van der Waals surface area contributed by atoms with Gasteiger partial charge < -0.3 is 10.6 Å². The molecule has 0 saturated carbocycles. The lowest BCUT2D eigenvalue weighted by Crippen LogP contribution is -2.15. The summed E-state index contributed by atoms with van der Waals surface area (Å²) < 4.78 is 13.4. The lowest BCUT2D eigenvalue weighted by molar-refractivity contribution is 0.101. The molecule has 1 aromatic heterocycles. The molecule has 138 valence electrons. The summed E-state index contributed by atoms with van der Waals surface area (Å²) in [6.45, 7) is 3.64. The molecule has 27 heavy (non-hydrogen) atoms. The van der Waals surface area contributed by atoms with Crippen LogP contribution in [-0.2, 0) is 0 Å². The highest BCUT2D eigenvalue weighted by Gasteiger charge is 2.14. The average Bonchev–Trinajstić information content (AvgIpc) is 3.00. The molecule has 1 heterocycles. The molecule has 0 fully saturated rings. The standard InChI is InChI=1S/C19H15ClFN3O2S/c1-10-3-4-15(23-18(25)12-5-13(20)7-14(21)6-12)8-16(10)19(26)24-17-9-22-11(2)27-17/h3-9H,1-2H3,(H,23,25)(H,24,26). The Morgan fingerprint density at radius 3 is 2.52 bits per heavy atom. The minimum absolute atomic E-state index is 0.0895. The molecule has 0 unspecified atom stereocenters. The molecule has 2 amide bonds. The second-order valence-corrected chi connectivity index (χ2v) is 7.51. The molecule has 0 bridgehead atoms. The van der Waals surface area contributed by atoms with Crippen molar-refractivity contribution >= 4 is 45.4 Å².